The average Bonchev–Trinajstić information content (AvgIpc) is 3.24. The number of carbonyl (C=O) groups is 2. The van der Waals surface area contributed by atoms with Crippen LogP contribution in [-0.2, 0) is 33.2 Å². The first kappa shape index (κ1) is 34.8. The molecule has 2 heterocycles. The van der Waals surface area contributed by atoms with E-state index in [0.29, 0.717) is 60.3 Å². The van der Waals surface area contributed by atoms with Gasteiger partial charge in [-0.1, -0.05) is 0 Å². The monoisotopic (exact) mass is 708 g/mol. The van der Waals surface area contributed by atoms with Gasteiger partial charge in [0.2, 0.25) is 0 Å². The van der Waals surface area contributed by atoms with E-state index in [9.17, 15) is 35.9 Å². The third-order valence-corrected chi connectivity index (χ3v) is 8.71. The molecule has 1 saturated heterocycles. The van der Waals surface area contributed by atoms with E-state index in [1.165, 1.54) is 18.0 Å². The summed E-state index contributed by atoms with van der Waals surface area (Å²) in [6, 6.07) is 0.286. The fourth-order valence-electron chi connectivity index (χ4n) is 5.98. The van der Waals surface area contributed by atoms with E-state index >= 15 is 0 Å². The lowest BCUT2D eigenvalue weighted by Crippen LogP contribution is -2.36. The number of hydrogen-bond donors (Lipinski definition) is 0. The lowest BCUT2D eigenvalue weighted by atomic mass is 9.80. The van der Waals surface area contributed by atoms with Crippen LogP contribution in [0.15, 0.2) is 29.0 Å². The van der Waals surface area contributed by atoms with Crippen molar-refractivity contribution in [3.05, 3.63) is 51.4 Å². The van der Waals surface area contributed by atoms with Crippen molar-refractivity contribution in [2.75, 3.05) is 24.6 Å². The van der Waals surface area contributed by atoms with Crippen LogP contribution in [0.5, 0.6) is 0 Å². The van der Waals surface area contributed by atoms with Gasteiger partial charge in [0.15, 0.2) is 5.82 Å². The van der Waals surface area contributed by atoms with Gasteiger partial charge in [-0.2, -0.15) is 26.3 Å². The number of benzene rings is 1. The number of carbonyl (C=O) groups excluding carboxylic acids is 2. The van der Waals surface area contributed by atoms with Crippen molar-refractivity contribution in [3.63, 3.8) is 0 Å². The SMILES string of the molecule is CCOC(=O)CC1CCC(CN(CC)c2ncc(Br)nc2CN2C(=O)OC(c3cc(C(F)(F)F)cc(C(F)(F)F)c3)C2C)CC1. The minimum Gasteiger partial charge on any atom is -0.466 e. The fraction of sp³-hybridized carbons (Fsp3) is 0.600. The zero-order valence-electron chi connectivity index (χ0n) is 25.1. The van der Waals surface area contributed by atoms with E-state index in [1.807, 2.05) is 11.8 Å². The second-order valence-corrected chi connectivity index (χ2v) is 12.2. The van der Waals surface area contributed by atoms with E-state index in [1.54, 1.807) is 6.92 Å². The Bertz CT molecular complexity index is 1330. The van der Waals surface area contributed by atoms with Crippen molar-refractivity contribution in [2.24, 2.45) is 11.8 Å². The minimum atomic E-state index is -5.04. The zero-order chi connectivity index (χ0) is 33.1. The zero-order valence-corrected chi connectivity index (χ0v) is 26.6. The largest absolute Gasteiger partial charge is 0.466 e. The quantitative estimate of drug-likeness (QED) is 0.183. The molecule has 0 spiro atoms. The smallest absolute Gasteiger partial charge is 0.416 e. The summed E-state index contributed by atoms with van der Waals surface area (Å²) >= 11 is 3.31. The Hall–Kier alpha value is -3.10. The highest BCUT2D eigenvalue weighted by Crippen LogP contribution is 2.41. The van der Waals surface area contributed by atoms with Crippen LogP contribution < -0.4 is 4.90 Å². The van der Waals surface area contributed by atoms with Gasteiger partial charge >= 0.3 is 24.4 Å². The van der Waals surface area contributed by atoms with Gasteiger partial charge in [0.1, 0.15) is 16.4 Å². The van der Waals surface area contributed by atoms with Crippen LogP contribution in [0.25, 0.3) is 0 Å². The molecule has 1 saturated carbocycles. The van der Waals surface area contributed by atoms with Crippen LogP contribution in [0.2, 0.25) is 0 Å². The number of hydrogen-bond acceptors (Lipinski definition) is 7. The predicted molar refractivity (Wildman–Crippen MR) is 155 cm³/mol. The Morgan fingerprint density at radius 3 is 2.20 bits per heavy atom. The Balaban J connectivity index is 1.52. The Labute approximate surface area is 265 Å². The van der Waals surface area contributed by atoms with Crippen molar-refractivity contribution in [1.82, 2.24) is 14.9 Å². The number of esters is 1. The lowest BCUT2D eigenvalue weighted by Gasteiger charge is -2.33. The van der Waals surface area contributed by atoms with Crippen molar-refractivity contribution < 1.29 is 45.4 Å². The molecule has 2 atom stereocenters. The molecule has 2 fully saturated rings. The van der Waals surface area contributed by atoms with Gasteiger partial charge in [-0.3, -0.25) is 9.69 Å². The van der Waals surface area contributed by atoms with Crippen molar-refractivity contribution in [3.8, 4) is 0 Å². The summed E-state index contributed by atoms with van der Waals surface area (Å²) < 4.78 is 91.8. The Morgan fingerprint density at radius 1 is 1.04 bits per heavy atom. The highest BCUT2D eigenvalue weighted by molar-refractivity contribution is 9.10. The molecule has 248 valence electrons. The molecule has 15 heteroatoms. The van der Waals surface area contributed by atoms with Gasteiger partial charge in [0.25, 0.3) is 0 Å². The maximum Gasteiger partial charge on any atom is 0.416 e. The van der Waals surface area contributed by atoms with Crippen LogP contribution in [0.4, 0.5) is 37.0 Å². The number of alkyl halides is 6. The molecule has 1 aromatic carbocycles. The lowest BCUT2D eigenvalue weighted by molar-refractivity contribution is -0.145. The highest BCUT2D eigenvalue weighted by atomic mass is 79.9. The first-order valence-corrected chi connectivity index (χ1v) is 15.6. The summed E-state index contributed by atoms with van der Waals surface area (Å²) in [6.45, 7) is 6.68. The molecule has 1 aliphatic carbocycles. The number of ether oxygens (including phenoxy) is 2. The second-order valence-electron chi connectivity index (χ2n) is 11.4. The van der Waals surface area contributed by atoms with Gasteiger partial charge < -0.3 is 14.4 Å². The fourth-order valence-corrected chi connectivity index (χ4v) is 6.30. The second kappa shape index (κ2) is 14.1. The molecule has 45 heavy (non-hydrogen) atoms. The van der Waals surface area contributed by atoms with Crippen molar-refractivity contribution >= 4 is 33.8 Å². The van der Waals surface area contributed by atoms with Crippen LogP contribution in [0.3, 0.4) is 0 Å². The van der Waals surface area contributed by atoms with Gasteiger partial charge in [-0.25, -0.2) is 14.8 Å². The molecular weight excluding hydrogens is 674 g/mol. The number of halogens is 7. The van der Waals surface area contributed by atoms with Crippen LogP contribution in [0, 0.1) is 11.8 Å². The maximum absolute atomic E-state index is 13.5. The number of amides is 1. The molecule has 0 N–H and O–H groups in total. The van der Waals surface area contributed by atoms with Crippen LogP contribution >= 0.6 is 15.9 Å². The summed E-state index contributed by atoms with van der Waals surface area (Å²) in [7, 11) is 0. The first-order chi connectivity index (χ1) is 21.1. The molecule has 2 aliphatic rings. The van der Waals surface area contributed by atoms with E-state index in [-0.39, 0.29) is 24.5 Å². The van der Waals surface area contributed by atoms with E-state index in [4.69, 9.17) is 9.47 Å². The maximum atomic E-state index is 13.5. The first-order valence-electron chi connectivity index (χ1n) is 14.8. The van der Waals surface area contributed by atoms with Gasteiger partial charge in [-0.15, -0.1) is 0 Å². The number of aromatic nitrogens is 2. The summed E-state index contributed by atoms with van der Waals surface area (Å²) in [4.78, 5) is 37.2. The van der Waals surface area contributed by atoms with Crippen LogP contribution in [-0.4, -0.2) is 52.7 Å². The Morgan fingerprint density at radius 2 is 1.64 bits per heavy atom. The van der Waals surface area contributed by atoms with Crippen molar-refractivity contribution in [1.29, 1.82) is 0 Å². The normalized spacial score (nSPS) is 22.4. The predicted octanol–water partition coefficient (Wildman–Crippen LogP) is 7.94. The van der Waals surface area contributed by atoms with Gasteiger partial charge in [-0.05, 0) is 98.0 Å². The summed E-state index contributed by atoms with van der Waals surface area (Å²) in [5.41, 5.74) is -2.98. The van der Waals surface area contributed by atoms with E-state index in [0.717, 1.165) is 25.7 Å². The number of nitrogens with zero attached hydrogens (tertiary/aromatic N) is 4. The minimum absolute atomic E-state index is 0.0399. The van der Waals surface area contributed by atoms with Gasteiger partial charge in [0, 0.05) is 19.5 Å². The van der Waals surface area contributed by atoms with E-state index < -0.39 is 47.3 Å². The summed E-state index contributed by atoms with van der Waals surface area (Å²) in [5, 5.41) is 0. The summed E-state index contributed by atoms with van der Waals surface area (Å²) in [6.07, 6.45) is -6.81. The average molecular weight is 710 g/mol. The highest BCUT2D eigenvalue weighted by Gasteiger charge is 2.44. The molecule has 0 bridgehead atoms. The number of anilines is 1. The van der Waals surface area contributed by atoms with Gasteiger partial charge in [0.05, 0.1) is 36.5 Å². The molecule has 2 aromatic rings. The van der Waals surface area contributed by atoms with E-state index in [2.05, 4.69) is 25.9 Å². The molecular formula is C30H35BrF6N4O4. The van der Waals surface area contributed by atoms with Crippen molar-refractivity contribution in [2.45, 2.75) is 83.9 Å². The molecule has 1 aliphatic heterocycles. The number of rotatable bonds is 10. The third-order valence-electron chi connectivity index (χ3n) is 8.33. The molecule has 1 amide bonds. The Kier molecular flexibility index (Phi) is 10.9. The third kappa shape index (κ3) is 8.59. The molecule has 2 unspecified atom stereocenters. The molecule has 0 radical (unpaired) electrons. The molecule has 4 rings (SSSR count). The standard InChI is InChI=1S/C30H35BrF6N4O4/c1-4-40(15-19-8-6-18(7-9-19)10-25(42)44-5-2)27-23(39-24(31)14-38-27)16-41-17(3)26(45-28(41)43)20-11-21(29(32,33)34)13-22(12-20)30(35,36)37/h11-14,17-19,26H,4-10,15-16H2,1-3H3. The molecule has 8 nitrogen and oxygen atoms in total. The number of cyclic esters (lactones) is 1. The molecule has 1 aromatic heterocycles. The summed E-state index contributed by atoms with van der Waals surface area (Å²) in [5.74, 6) is 0.927. The topological polar surface area (TPSA) is 84.9 Å². The van der Waals surface area contributed by atoms with Crippen LogP contribution in [0.1, 0.15) is 81.4 Å².